The van der Waals surface area contributed by atoms with Gasteiger partial charge in [-0.2, -0.15) is 0 Å². The number of hydrogen-bond acceptors (Lipinski definition) is 7. The van der Waals surface area contributed by atoms with Crippen molar-refractivity contribution in [3.8, 4) is 17.0 Å². The molecule has 4 aliphatic heterocycles. The van der Waals surface area contributed by atoms with Crippen LogP contribution in [0.5, 0.6) is 5.75 Å². The summed E-state index contributed by atoms with van der Waals surface area (Å²) in [5.41, 5.74) is 5.22. The lowest BCUT2D eigenvalue weighted by atomic mass is 9.71. The molecule has 5 heterocycles. The van der Waals surface area contributed by atoms with E-state index in [1.165, 1.54) is 24.8 Å². The first-order valence-corrected chi connectivity index (χ1v) is 20.1. The monoisotopic (exact) mass is 700 g/mol. The van der Waals surface area contributed by atoms with Crippen molar-refractivity contribution in [2.45, 2.75) is 70.8 Å². The molecule has 2 amide bonds. The van der Waals surface area contributed by atoms with E-state index in [0.29, 0.717) is 44.3 Å². The summed E-state index contributed by atoms with van der Waals surface area (Å²) in [6, 6.07) is 12.0. The molecule has 11 heteroatoms. The fourth-order valence-corrected chi connectivity index (χ4v) is 12.0. The average Bonchev–Trinajstić information content (AvgIpc) is 3.25. The van der Waals surface area contributed by atoms with Gasteiger partial charge in [-0.3, -0.25) is 9.59 Å². The van der Waals surface area contributed by atoms with E-state index < -0.39 is 21.3 Å². The Balaban J connectivity index is 1.19. The maximum atomic E-state index is 15.1. The normalized spacial score (nSPS) is 30.0. The van der Waals surface area contributed by atoms with E-state index in [4.69, 9.17) is 9.47 Å². The molecule has 6 aliphatic rings. The highest BCUT2D eigenvalue weighted by Gasteiger charge is 2.69. The number of hydrogen-bond donors (Lipinski definition) is 2. The summed E-state index contributed by atoms with van der Waals surface area (Å²) in [4.78, 5) is 30.8. The van der Waals surface area contributed by atoms with Gasteiger partial charge in [-0.15, -0.1) is 0 Å². The second-order valence-corrected chi connectivity index (χ2v) is 18.5. The third kappa shape index (κ3) is 4.75. The average molecular weight is 701 g/mol. The van der Waals surface area contributed by atoms with E-state index in [2.05, 4.69) is 31.6 Å². The Morgan fingerprint density at radius 2 is 1.76 bits per heavy atom. The van der Waals surface area contributed by atoms with Crippen LogP contribution in [0.4, 0.5) is 0 Å². The van der Waals surface area contributed by atoms with Gasteiger partial charge < -0.3 is 24.3 Å². The number of ether oxygens (including phenoxy) is 2. The lowest BCUT2D eigenvalue weighted by molar-refractivity contribution is -0.137. The largest absolute Gasteiger partial charge is 0.497 e. The van der Waals surface area contributed by atoms with Crippen LogP contribution >= 0.6 is 0 Å². The number of sulfonamides is 1. The second kappa shape index (κ2) is 11.3. The molecule has 50 heavy (non-hydrogen) atoms. The first-order valence-electron chi connectivity index (χ1n) is 18.5. The first kappa shape index (κ1) is 32.5. The lowest BCUT2D eigenvalue weighted by Crippen LogP contribution is -2.42. The zero-order valence-corrected chi connectivity index (χ0v) is 30.2. The fourth-order valence-electron chi connectivity index (χ4n) is 10.7. The highest BCUT2D eigenvalue weighted by Crippen LogP contribution is 2.67. The van der Waals surface area contributed by atoms with Crippen molar-refractivity contribution in [3.63, 3.8) is 0 Å². The number of amides is 2. The summed E-state index contributed by atoms with van der Waals surface area (Å²) in [5.74, 6) is 0.544. The summed E-state index contributed by atoms with van der Waals surface area (Å²) in [6.07, 6.45) is 6.50. The minimum absolute atomic E-state index is 0.0346. The molecule has 266 valence electrons. The zero-order chi connectivity index (χ0) is 34.6. The fraction of sp³-hybridized carbons (Fsp3) is 0.590. The summed E-state index contributed by atoms with van der Waals surface area (Å²) < 4.78 is 42.0. The zero-order valence-electron chi connectivity index (χ0n) is 29.3. The van der Waals surface area contributed by atoms with Gasteiger partial charge in [0.05, 0.1) is 37.2 Å². The molecule has 2 saturated carbocycles. The van der Waals surface area contributed by atoms with Crippen molar-refractivity contribution in [1.82, 2.24) is 19.5 Å². The van der Waals surface area contributed by atoms with Crippen LogP contribution in [-0.2, 0) is 26.1 Å². The smallest absolute Gasteiger partial charge is 0.264 e. The standard InChI is InChI=1S/C39H48N4O6S/c1-24(2)16-50(46,47)41-35(44)26-9-11-29-32(13-26)43-21-39(36(45)42-19-37-17-40-18-38(37,20-42)23-49-22-37)15-31(39)30-14-27(48-3)10-12-28(30)34(43)33(29)25-7-5-4-6-8-25/h9-14,24-25,31,40H,4-8,15-23H2,1-3H3,(H,41,44). The van der Waals surface area contributed by atoms with E-state index in [9.17, 15) is 13.2 Å². The Labute approximate surface area is 294 Å². The second-order valence-electron chi connectivity index (χ2n) is 16.7. The molecule has 4 atom stereocenters. The maximum absolute atomic E-state index is 15.1. The highest BCUT2D eigenvalue weighted by atomic mass is 32.2. The molecule has 2 aliphatic carbocycles. The number of nitrogens with one attached hydrogen (secondary N) is 2. The van der Waals surface area contributed by atoms with E-state index in [1.807, 2.05) is 32.0 Å². The quantitative estimate of drug-likeness (QED) is 0.356. The third-order valence-corrected chi connectivity index (χ3v) is 14.7. The van der Waals surface area contributed by atoms with Gasteiger partial charge in [0.1, 0.15) is 5.75 Å². The molecule has 5 fully saturated rings. The van der Waals surface area contributed by atoms with Gasteiger partial charge in [-0.05, 0) is 72.6 Å². The van der Waals surface area contributed by atoms with E-state index in [0.717, 1.165) is 65.8 Å². The van der Waals surface area contributed by atoms with Crippen LogP contribution in [-0.4, -0.2) is 82.0 Å². The molecule has 0 spiro atoms. The third-order valence-electron chi connectivity index (χ3n) is 13.1. The number of likely N-dealkylation sites (tertiary alicyclic amines) is 1. The number of nitrogens with zero attached hydrogens (tertiary/aromatic N) is 2. The number of carbonyl (C=O) groups is 2. The molecular weight excluding hydrogens is 653 g/mol. The van der Waals surface area contributed by atoms with Crippen molar-refractivity contribution in [1.29, 1.82) is 0 Å². The summed E-state index contributed by atoms with van der Waals surface area (Å²) in [7, 11) is -2.10. The van der Waals surface area contributed by atoms with Gasteiger partial charge >= 0.3 is 0 Å². The molecule has 3 saturated heterocycles. The predicted octanol–water partition coefficient (Wildman–Crippen LogP) is 5.02. The molecule has 9 rings (SSSR count). The number of methoxy groups -OCH3 is 1. The van der Waals surface area contributed by atoms with Crippen molar-refractivity contribution in [3.05, 3.63) is 53.1 Å². The Morgan fingerprint density at radius 1 is 1.02 bits per heavy atom. The van der Waals surface area contributed by atoms with Gasteiger partial charge in [0.25, 0.3) is 5.91 Å². The topological polar surface area (TPSA) is 119 Å². The minimum atomic E-state index is -3.79. The van der Waals surface area contributed by atoms with Crippen LogP contribution in [0.15, 0.2) is 36.4 Å². The molecule has 4 unspecified atom stereocenters. The van der Waals surface area contributed by atoms with Gasteiger partial charge in [-0.1, -0.05) is 39.2 Å². The Bertz CT molecular complexity index is 2000. The molecule has 10 nitrogen and oxygen atoms in total. The lowest BCUT2D eigenvalue weighted by Gasteiger charge is -2.28. The van der Waals surface area contributed by atoms with Crippen LogP contribution in [0, 0.1) is 22.2 Å². The first-order chi connectivity index (χ1) is 24.0. The number of aromatic nitrogens is 1. The molecule has 2 aromatic carbocycles. The minimum Gasteiger partial charge on any atom is -0.497 e. The van der Waals surface area contributed by atoms with Crippen LogP contribution in [0.3, 0.4) is 0 Å². The van der Waals surface area contributed by atoms with Crippen LogP contribution in [0.25, 0.3) is 22.2 Å². The number of carbonyl (C=O) groups excluding carboxylic acids is 2. The molecule has 1 aromatic heterocycles. The van der Waals surface area contributed by atoms with Crippen LogP contribution in [0.1, 0.15) is 85.7 Å². The Morgan fingerprint density at radius 3 is 2.46 bits per heavy atom. The summed E-state index contributed by atoms with van der Waals surface area (Å²) in [5, 5.41) is 4.69. The van der Waals surface area contributed by atoms with Crippen LogP contribution < -0.4 is 14.8 Å². The molecular formula is C39H48N4O6S. The molecule has 0 bridgehead atoms. The van der Waals surface area contributed by atoms with Crippen molar-refractivity contribution in [2.75, 3.05) is 52.3 Å². The number of benzene rings is 2. The van der Waals surface area contributed by atoms with E-state index >= 15 is 4.79 Å². The van der Waals surface area contributed by atoms with E-state index in [1.54, 1.807) is 13.2 Å². The maximum Gasteiger partial charge on any atom is 0.264 e. The Hall–Kier alpha value is -3.41. The van der Waals surface area contributed by atoms with Crippen molar-refractivity contribution >= 4 is 32.7 Å². The summed E-state index contributed by atoms with van der Waals surface area (Å²) >= 11 is 0. The SMILES string of the molecule is COc1ccc2c(c1)C1CC1(C(=O)N1CC34CNCC3(COC4)C1)Cn1c-2c(C2CCCCC2)c2ccc(C(=O)NS(=O)(=O)CC(C)C)cc21. The van der Waals surface area contributed by atoms with Gasteiger partial charge in [0, 0.05) is 71.5 Å². The number of fused-ring (bicyclic) bond motifs is 7. The van der Waals surface area contributed by atoms with Gasteiger partial charge in [-0.25, -0.2) is 13.1 Å². The summed E-state index contributed by atoms with van der Waals surface area (Å²) in [6.45, 7) is 8.69. The molecule has 3 aromatic rings. The van der Waals surface area contributed by atoms with Crippen molar-refractivity contribution in [2.24, 2.45) is 22.2 Å². The predicted molar refractivity (Wildman–Crippen MR) is 191 cm³/mol. The highest BCUT2D eigenvalue weighted by molar-refractivity contribution is 7.90. The van der Waals surface area contributed by atoms with Crippen LogP contribution in [0.2, 0.25) is 0 Å². The molecule has 0 radical (unpaired) electrons. The van der Waals surface area contributed by atoms with Gasteiger partial charge in [0.15, 0.2) is 0 Å². The van der Waals surface area contributed by atoms with E-state index in [-0.39, 0.29) is 34.3 Å². The van der Waals surface area contributed by atoms with Crippen molar-refractivity contribution < 1.29 is 27.5 Å². The number of rotatable bonds is 7. The Kier molecular flexibility index (Phi) is 7.34. The van der Waals surface area contributed by atoms with Gasteiger partial charge in [0.2, 0.25) is 15.9 Å². The molecule has 2 N–H and O–H groups in total.